The van der Waals surface area contributed by atoms with E-state index in [9.17, 15) is 9.90 Å². The van der Waals surface area contributed by atoms with Crippen LogP contribution in [-0.4, -0.2) is 93.7 Å². The Kier molecular flexibility index (Phi) is 13.1. The lowest BCUT2D eigenvalue weighted by Gasteiger charge is -2.39. The van der Waals surface area contributed by atoms with E-state index < -0.39 is 44.0 Å². The van der Waals surface area contributed by atoms with Crippen molar-refractivity contribution in [3.63, 3.8) is 0 Å². The fourth-order valence-corrected chi connectivity index (χ4v) is 9.49. The molecule has 0 radical (unpaired) electrons. The van der Waals surface area contributed by atoms with Crippen LogP contribution in [0.25, 0.3) is 11.2 Å². The van der Waals surface area contributed by atoms with Gasteiger partial charge in [0.05, 0.1) is 27.2 Å². The second kappa shape index (κ2) is 17.8. The summed E-state index contributed by atoms with van der Waals surface area (Å²) in [6.45, 7) is 15.3. The van der Waals surface area contributed by atoms with Crippen molar-refractivity contribution in [3.8, 4) is 11.5 Å². The van der Waals surface area contributed by atoms with Gasteiger partial charge in [-0.2, -0.15) is 4.98 Å². The first kappa shape index (κ1) is 41.3. The third kappa shape index (κ3) is 8.49. The standard InChI is InChI=1S/C42H55N6O7P/c1-26(2)23-43-41-45-38-35(39(50)46-41)44-25-47(38)40-36(49)37(55-56(9)48(27(3)4)28(5)6)34(54-40)24-53-42(29-13-11-10-12-14-29,30-15-19-32(51-7)20-16-30)31-17-21-33(52-8)22-18-31/h10-22,25-28,34,36-37,40,49H,23-24H2,1-9H3,(H2,43,45,46,50)/t34-,36-,37-,40-,56?/m1/s1. The monoisotopic (exact) mass is 786 g/mol. The first-order valence-electron chi connectivity index (χ1n) is 19.1. The quantitative estimate of drug-likeness (QED) is 0.0668. The SMILES string of the molecule is COc1ccc(C(OC[C@H]2O[C@@H](n3cnc4c(=O)[nH]c(NCC(C)C)nc43)[C@H](O)[C@@H]2OP(C)N(C(C)C)C(C)C)(c2ccccc2)c2ccc(OC)cc2)cc1. The maximum atomic E-state index is 13.2. The van der Waals surface area contributed by atoms with Gasteiger partial charge in [0, 0.05) is 18.6 Å². The van der Waals surface area contributed by atoms with E-state index in [1.165, 1.54) is 6.33 Å². The van der Waals surface area contributed by atoms with Crippen molar-refractivity contribution in [3.05, 3.63) is 112 Å². The van der Waals surface area contributed by atoms with Crippen molar-refractivity contribution < 1.29 is 28.6 Å². The van der Waals surface area contributed by atoms with Crippen LogP contribution < -0.4 is 20.3 Å². The highest BCUT2D eigenvalue weighted by molar-refractivity contribution is 7.49. The van der Waals surface area contributed by atoms with Gasteiger partial charge in [0.25, 0.3) is 5.56 Å². The van der Waals surface area contributed by atoms with Crippen LogP contribution in [0.5, 0.6) is 11.5 Å². The molecule has 1 fully saturated rings. The zero-order valence-electron chi connectivity index (χ0n) is 33.7. The molecule has 5 aromatic rings. The number of hydrogen-bond donors (Lipinski definition) is 3. The smallest absolute Gasteiger partial charge is 0.280 e. The normalized spacial score (nSPS) is 19.4. The number of ether oxygens (including phenoxy) is 4. The van der Waals surface area contributed by atoms with Gasteiger partial charge in [0.1, 0.15) is 43.7 Å². The van der Waals surface area contributed by atoms with Gasteiger partial charge in [-0.15, -0.1) is 0 Å². The first-order valence-corrected chi connectivity index (χ1v) is 20.7. The molecule has 0 aliphatic carbocycles. The largest absolute Gasteiger partial charge is 0.497 e. The highest BCUT2D eigenvalue weighted by Gasteiger charge is 2.49. The van der Waals surface area contributed by atoms with Crippen LogP contribution in [0.15, 0.2) is 90.0 Å². The molecule has 3 aromatic carbocycles. The minimum atomic E-state index is -1.20. The molecule has 14 heteroatoms. The molecule has 0 amide bonds. The van der Waals surface area contributed by atoms with Gasteiger partial charge in [-0.1, -0.05) is 68.4 Å². The molecule has 300 valence electrons. The number of aliphatic hydroxyl groups is 1. The number of rotatable bonds is 17. The topological polar surface area (TPSA) is 145 Å². The van der Waals surface area contributed by atoms with E-state index in [0.29, 0.717) is 29.9 Å². The van der Waals surface area contributed by atoms with Crippen LogP contribution in [0.2, 0.25) is 0 Å². The van der Waals surface area contributed by atoms with Gasteiger partial charge in [-0.05, 0) is 81.2 Å². The fourth-order valence-electron chi connectivity index (χ4n) is 7.47. The van der Waals surface area contributed by atoms with Crippen molar-refractivity contribution in [2.45, 2.75) is 83.8 Å². The Bertz CT molecular complexity index is 2020. The molecule has 0 spiro atoms. The molecule has 0 saturated carbocycles. The molecule has 13 nitrogen and oxygen atoms in total. The highest BCUT2D eigenvalue weighted by Crippen LogP contribution is 2.48. The average molecular weight is 787 g/mol. The number of imidazole rings is 1. The number of fused-ring (bicyclic) bond motifs is 1. The van der Waals surface area contributed by atoms with Crippen LogP contribution in [0.4, 0.5) is 5.95 Å². The predicted molar refractivity (Wildman–Crippen MR) is 219 cm³/mol. The zero-order chi connectivity index (χ0) is 40.1. The lowest BCUT2D eigenvalue weighted by Crippen LogP contribution is -2.42. The summed E-state index contributed by atoms with van der Waals surface area (Å²) in [5.41, 5.74) is 1.49. The maximum Gasteiger partial charge on any atom is 0.280 e. The van der Waals surface area contributed by atoms with Crippen LogP contribution in [0.1, 0.15) is 64.5 Å². The number of benzene rings is 3. The van der Waals surface area contributed by atoms with E-state index in [4.69, 9.17) is 28.5 Å². The number of aliphatic hydroxyl groups excluding tert-OH is 1. The molecule has 56 heavy (non-hydrogen) atoms. The van der Waals surface area contributed by atoms with E-state index in [1.807, 2.05) is 78.9 Å². The third-order valence-corrected chi connectivity index (χ3v) is 12.1. The molecule has 1 unspecified atom stereocenters. The van der Waals surface area contributed by atoms with E-state index in [0.717, 1.165) is 16.7 Å². The van der Waals surface area contributed by atoms with Crippen molar-refractivity contribution >= 4 is 25.4 Å². The summed E-state index contributed by atoms with van der Waals surface area (Å²) in [7, 11) is 2.08. The summed E-state index contributed by atoms with van der Waals surface area (Å²) in [5, 5.41) is 15.4. The molecule has 2 aromatic heterocycles. The summed E-state index contributed by atoms with van der Waals surface area (Å²) < 4.78 is 35.9. The van der Waals surface area contributed by atoms with Gasteiger partial charge in [-0.25, -0.2) is 4.98 Å². The molecule has 6 rings (SSSR count). The molecule has 3 N–H and O–H groups in total. The predicted octanol–water partition coefficient (Wildman–Crippen LogP) is 6.92. The lowest BCUT2D eigenvalue weighted by atomic mass is 9.80. The Morgan fingerprint density at radius 3 is 2.02 bits per heavy atom. The summed E-state index contributed by atoms with van der Waals surface area (Å²) in [6, 6.07) is 26.0. The Hall–Kier alpha value is -4.36. The number of nitrogens with zero attached hydrogens (tertiary/aromatic N) is 4. The molecular formula is C42H55N6O7P. The maximum absolute atomic E-state index is 13.2. The van der Waals surface area contributed by atoms with Gasteiger partial charge < -0.3 is 33.9 Å². The third-order valence-electron chi connectivity index (χ3n) is 9.99. The second-order valence-corrected chi connectivity index (χ2v) is 16.6. The Morgan fingerprint density at radius 2 is 1.48 bits per heavy atom. The molecule has 3 heterocycles. The highest BCUT2D eigenvalue weighted by atomic mass is 31.2. The van der Waals surface area contributed by atoms with Crippen molar-refractivity contribution in [1.82, 2.24) is 24.2 Å². The van der Waals surface area contributed by atoms with Gasteiger partial charge in [-0.3, -0.25) is 19.0 Å². The van der Waals surface area contributed by atoms with E-state index in [1.54, 1.807) is 18.8 Å². The van der Waals surface area contributed by atoms with E-state index in [-0.39, 0.29) is 29.9 Å². The van der Waals surface area contributed by atoms with Gasteiger partial charge >= 0.3 is 0 Å². The first-order chi connectivity index (χ1) is 26.9. The van der Waals surface area contributed by atoms with Gasteiger partial charge in [0.15, 0.2) is 17.4 Å². The molecule has 5 atom stereocenters. The molecule has 1 aliphatic heterocycles. The number of methoxy groups -OCH3 is 2. The zero-order valence-corrected chi connectivity index (χ0v) is 34.6. The number of anilines is 1. The minimum Gasteiger partial charge on any atom is -0.497 e. The van der Waals surface area contributed by atoms with Crippen molar-refractivity contribution in [2.75, 3.05) is 39.4 Å². The second-order valence-electron chi connectivity index (χ2n) is 15.0. The molecule has 1 aliphatic rings. The van der Waals surface area contributed by atoms with Crippen LogP contribution in [0, 0.1) is 5.92 Å². The van der Waals surface area contributed by atoms with Crippen molar-refractivity contribution in [2.24, 2.45) is 5.92 Å². The average Bonchev–Trinajstić information content (AvgIpc) is 3.75. The number of aromatic nitrogens is 4. The summed E-state index contributed by atoms with van der Waals surface area (Å²) in [6.07, 6.45) is -2.27. The summed E-state index contributed by atoms with van der Waals surface area (Å²) in [4.78, 5) is 25.0. The number of aromatic amines is 1. The van der Waals surface area contributed by atoms with Crippen LogP contribution in [-0.2, 0) is 19.6 Å². The number of H-pyrrole nitrogens is 1. The fraction of sp³-hybridized carbons (Fsp3) is 0.452. The summed E-state index contributed by atoms with van der Waals surface area (Å²) >= 11 is 0. The van der Waals surface area contributed by atoms with Gasteiger partial charge in [0.2, 0.25) is 5.95 Å². The molecule has 1 saturated heterocycles. The minimum absolute atomic E-state index is 0.0134. The number of nitrogens with one attached hydrogen (secondary N) is 2. The Balaban J connectivity index is 1.44. The van der Waals surface area contributed by atoms with Crippen LogP contribution in [0.3, 0.4) is 0 Å². The number of hydrogen-bond acceptors (Lipinski definition) is 11. The Labute approximate surface area is 330 Å². The van der Waals surface area contributed by atoms with Crippen molar-refractivity contribution in [1.29, 1.82) is 0 Å². The van der Waals surface area contributed by atoms with Crippen LogP contribution >= 0.6 is 8.30 Å². The summed E-state index contributed by atoms with van der Waals surface area (Å²) in [5.74, 6) is 2.05. The molecular weight excluding hydrogens is 731 g/mol. The Morgan fingerprint density at radius 1 is 0.911 bits per heavy atom. The van der Waals surface area contributed by atoms with E-state index in [2.05, 4.69) is 68.2 Å². The van der Waals surface area contributed by atoms with E-state index >= 15 is 0 Å². The molecule has 0 bridgehead atoms. The lowest BCUT2D eigenvalue weighted by molar-refractivity contribution is -0.0920.